The molecular formula is C21H19N5O2S2. The van der Waals surface area contributed by atoms with Crippen LogP contribution in [0.25, 0.3) is 10.8 Å². The lowest BCUT2D eigenvalue weighted by molar-refractivity contribution is 0.601. The zero-order chi connectivity index (χ0) is 20.6. The van der Waals surface area contributed by atoms with Gasteiger partial charge in [0, 0.05) is 41.5 Å². The maximum absolute atomic E-state index is 12.7. The van der Waals surface area contributed by atoms with Gasteiger partial charge in [0.15, 0.2) is 0 Å². The molecule has 9 heteroatoms. The number of rotatable bonds is 5. The zero-order valence-electron chi connectivity index (χ0n) is 16.0. The fourth-order valence-electron chi connectivity index (χ4n) is 4.04. The molecule has 0 bridgehead atoms. The van der Waals surface area contributed by atoms with Crippen LogP contribution in [0.15, 0.2) is 72.1 Å². The second-order valence-electron chi connectivity index (χ2n) is 7.14. The highest BCUT2D eigenvalue weighted by Crippen LogP contribution is 2.39. The Morgan fingerprint density at radius 1 is 1.10 bits per heavy atom. The van der Waals surface area contributed by atoms with E-state index < -0.39 is 10.0 Å². The number of sulfonamides is 1. The fourth-order valence-corrected chi connectivity index (χ4v) is 5.74. The normalized spacial score (nSPS) is 16.8. The third kappa shape index (κ3) is 3.50. The van der Waals surface area contributed by atoms with Crippen molar-refractivity contribution in [2.75, 3.05) is 16.2 Å². The van der Waals surface area contributed by atoms with Gasteiger partial charge in [-0.15, -0.1) is 0 Å². The van der Waals surface area contributed by atoms with Crippen LogP contribution in [-0.2, 0) is 10.0 Å². The first-order chi connectivity index (χ1) is 14.6. The monoisotopic (exact) mass is 437 g/mol. The first-order valence-electron chi connectivity index (χ1n) is 9.61. The number of benzene rings is 2. The average molecular weight is 438 g/mol. The second-order valence-corrected chi connectivity index (χ2v) is 9.61. The van der Waals surface area contributed by atoms with Crippen molar-refractivity contribution in [3.63, 3.8) is 0 Å². The van der Waals surface area contributed by atoms with Gasteiger partial charge >= 0.3 is 0 Å². The maximum atomic E-state index is 12.7. The average Bonchev–Trinajstić information content (AvgIpc) is 3.45. The van der Waals surface area contributed by atoms with E-state index in [1.165, 1.54) is 11.9 Å². The molecule has 1 aliphatic rings. The van der Waals surface area contributed by atoms with E-state index in [0.29, 0.717) is 6.04 Å². The third-order valence-corrected chi connectivity index (χ3v) is 7.42. The molecular weight excluding hydrogens is 418 g/mol. The molecule has 30 heavy (non-hydrogen) atoms. The highest BCUT2D eigenvalue weighted by Gasteiger charge is 2.27. The molecule has 0 spiro atoms. The van der Waals surface area contributed by atoms with Crippen molar-refractivity contribution in [1.29, 1.82) is 0 Å². The Hall–Kier alpha value is -3.04. The van der Waals surface area contributed by atoms with Gasteiger partial charge in [-0.3, -0.25) is 9.71 Å². The van der Waals surface area contributed by atoms with E-state index in [-0.39, 0.29) is 10.0 Å². The molecule has 1 aliphatic heterocycles. The summed E-state index contributed by atoms with van der Waals surface area (Å²) in [6, 6.07) is 15.7. The van der Waals surface area contributed by atoms with Crippen LogP contribution >= 0.6 is 11.5 Å². The predicted octanol–water partition coefficient (Wildman–Crippen LogP) is 4.23. The Balaban J connectivity index is 1.52. The first kappa shape index (κ1) is 19.0. The van der Waals surface area contributed by atoms with Crippen molar-refractivity contribution in [3.8, 4) is 0 Å². The fraction of sp³-hybridized carbons (Fsp3) is 0.190. The molecule has 7 nitrogen and oxygen atoms in total. The quantitative estimate of drug-likeness (QED) is 0.503. The number of hydrogen-bond acceptors (Lipinski definition) is 7. The molecule has 2 aromatic carbocycles. The van der Waals surface area contributed by atoms with Gasteiger partial charge in [-0.05, 0) is 54.1 Å². The number of anilines is 2. The zero-order valence-corrected chi connectivity index (χ0v) is 17.6. The van der Waals surface area contributed by atoms with Crippen molar-refractivity contribution >= 4 is 43.1 Å². The largest absolute Gasteiger partial charge is 0.364 e. The summed E-state index contributed by atoms with van der Waals surface area (Å²) < 4.78 is 31.8. The molecule has 2 aromatic heterocycles. The summed E-state index contributed by atoms with van der Waals surface area (Å²) in [6.45, 7) is 0.963. The number of nitrogens with zero attached hydrogens (tertiary/aromatic N) is 4. The van der Waals surface area contributed by atoms with Crippen molar-refractivity contribution in [1.82, 2.24) is 14.3 Å². The van der Waals surface area contributed by atoms with Gasteiger partial charge < -0.3 is 4.90 Å². The maximum Gasteiger partial charge on any atom is 0.263 e. The molecule has 0 amide bonds. The van der Waals surface area contributed by atoms with E-state index in [0.717, 1.165) is 47.4 Å². The highest BCUT2D eigenvalue weighted by molar-refractivity contribution is 7.93. The van der Waals surface area contributed by atoms with Gasteiger partial charge in [-0.25, -0.2) is 13.4 Å². The Kier molecular flexibility index (Phi) is 4.84. The summed E-state index contributed by atoms with van der Waals surface area (Å²) in [5.41, 5.74) is 2.37. The molecule has 5 rings (SSSR count). The lowest BCUT2D eigenvalue weighted by Crippen LogP contribution is -2.22. The third-order valence-electron chi connectivity index (χ3n) is 5.38. The van der Waals surface area contributed by atoms with E-state index in [1.54, 1.807) is 12.1 Å². The van der Waals surface area contributed by atoms with Crippen LogP contribution in [0.2, 0.25) is 0 Å². The lowest BCUT2D eigenvalue weighted by atomic mass is 10.0. The Morgan fingerprint density at radius 2 is 1.97 bits per heavy atom. The lowest BCUT2D eigenvalue weighted by Gasteiger charge is -2.28. The standard InChI is InChI=1S/C21H19N5O2S2/c27-30(28,25-21-23-14-24-29-21)17-6-7-18-16(13-17)3-1-4-20(18)26-12-2-5-19(26)15-8-10-22-11-9-15/h1,3-4,6-11,13-14,19H,2,5,12H2,(H,23,24,25)/t19-/m0/s1. The van der Waals surface area contributed by atoms with E-state index in [2.05, 4.69) is 42.2 Å². The molecule has 0 saturated carbocycles. The van der Waals surface area contributed by atoms with Gasteiger partial charge in [0.05, 0.1) is 10.9 Å². The number of fused-ring (bicyclic) bond motifs is 1. The molecule has 1 fully saturated rings. The van der Waals surface area contributed by atoms with E-state index in [1.807, 2.05) is 30.6 Å². The predicted molar refractivity (Wildman–Crippen MR) is 118 cm³/mol. The summed E-state index contributed by atoms with van der Waals surface area (Å²) in [6.07, 6.45) is 7.18. The van der Waals surface area contributed by atoms with Gasteiger partial charge in [0.2, 0.25) is 5.13 Å². The summed E-state index contributed by atoms with van der Waals surface area (Å²) in [7, 11) is -3.72. The molecule has 1 atom stereocenters. The summed E-state index contributed by atoms with van der Waals surface area (Å²) in [5.74, 6) is 0. The SMILES string of the molecule is O=S(=O)(Nc1ncns1)c1ccc2c(N3CCC[C@H]3c3ccncc3)cccc2c1. The Labute approximate surface area is 178 Å². The van der Waals surface area contributed by atoms with Crippen LogP contribution in [-0.4, -0.2) is 29.3 Å². The highest BCUT2D eigenvalue weighted by atomic mass is 32.2. The second kappa shape index (κ2) is 7.66. The summed E-state index contributed by atoms with van der Waals surface area (Å²) >= 11 is 1.00. The molecule has 1 N–H and O–H groups in total. The topological polar surface area (TPSA) is 88.1 Å². The van der Waals surface area contributed by atoms with Crippen LogP contribution in [0.5, 0.6) is 0 Å². The minimum Gasteiger partial charge on any atom is -0.364 e. The van der Waals surface area contributed by atoms with Crippen LogP contribution in [0.3, 0.4) is 0 Å². The summed E-state index contributed by atoms with van der Waals surface area (Å²) in [4.78, 5) is 10.6. The number of nitrogens with one attached hydrogen (secondary N) is 1. The Morgan fingerprint density at radius 3 is 2.77 bits per heavy atom. The minimum atomic E-state index is -3.72. The Bertz CT molecular complexity index is 1280. The van der Waals surface area contributed by atoms with Crippen molar-refractivity contribution in [3.05, 3.63) is 72.8 Å². The molecule has 1 saturated heterocycles. The number of pyridine rings is 1. The van der Waals surface area contributed by atoms with Crippen molar-refractivity contribution < 1.29 is 8.42 Å². The minimum absolute atomic E-state index is 0.203. The van der Waals surface area contributed by atoms with E-state index >= 15 is 0 Å². The van der Waals surface area contributed by atoms with E-state index in [9.17, 15) is 8.42 Å². The van der Waals surface area contributed by atoms with Crippen molar-refractivity contribution in [2.45, 2.75) is 23.8 Å². The number of aromatic nitrogens is 3. The first-order valence-corrected chi connectivity index (χ1v) is 11.9. The van der Waals surface area contributed by atoms with Gasteiger partial charge in [-0.2, -0.15) is 4.37 Å². The van der Waals surface area contributed by atoms with Crippen LogP contribution in [0.4, 0.5) is 10.8 Å². The molecule has 0 aliphatic carbocycles. The van der Waals surface area contributed by atoms with Gasteiger partial charge in [0.1, 0.15) is 6.33 Å². The molecule has 0 unspecified atom stereocenters. The van der Waals surface area contributed by atoms with Gasteiger partial charge in [-0.1, -0.05) is 18.2 Å². The molecule has 0 radical (unpaired) electrons. The molecule has 152 valence electrons. The summed E-state index contributed by atoms with van der Waals surface area (Å²) in [5, 5.41) is 2.17. The molecule has 4 aromatic rings. The van der Waals surface area contributed by atoms with Crippen LogP contribution < -0.4 is 9.62 Å². The smallest absolute Gasteiger partial charge is 0.263 e. The number of hydrogen-bond donors (Lipinski definition) is 1. The van der Waals surface area contributed by atoms with Gasteiger partial charge in [0.25, 0.3) is 10.0 Å². The van der Waals surface area contributed by atoms with Crippen LogP contribution in [0, 0.1) is 0 Å². The molecule has 3 heterocycles. The van der Waals surface area contributed by atoms with Crippen molar-refractivity contribution in [2.24, 2.45) is 0 Å². The van der Waals surface area contributed by atoms with Crippen LogP contribution in [0.1, 0.15) is 24.4 Å². The van der Waals surface area contributed by atoms with E-state index in [4.69, 9.17) is 0 Å².